The molecule has 1 aromatic carbocycles. The molecule has 1 N–H and O–H groups in total. The van der Waals surface area contributed by atoms with Gasteiger partial charge in [0.15, 0.2) is 0 Å². The third-order valence-electron chi connectivity index (χ3n) is 3.83. The van der Waals surface area contributed by atoms with Gasteiger partial charge in [-0.25, -0.2) is 9.37 Å². The second-order valence-corrected chi connectivity index (χ2v) is 5.40. The summed E-state index contributed by atoms with van der Waals surface area (Å²) in [6.45, 7) is 2.15. The Kier molecular flexibility index (Phi) is 3.73. The van der Waals surface area contributed by atoms with Crippen LogP contribution in [0.25, 0.3) is 0 Å². The van der Waals surface area contributed by atoms with Gasteiger partial charge in [0.2, 0.25) is 5.91 Å². The van der Waals surface area contributed by atoms with Crippen LogP contribution in [0.3, 0.4) is 0 Å². The molecule has 21 heavy (non-hydrogen) atoms. The summed E-state index contributed by atoms with van der Waals surface area (Å²) in [5.74, 6) is 0.356. The highest BCUT2D eigenvalue weighted by Crippen LogP contribution is 2.22. The summed E-state index contributed by atoms with van der Waals surface area (Å²) < 4.78 is 15.1. The van der Waals surface area contributed by atoms with Crippen molar-refractivity contribution in [2.24, 2.45) is 0 Å². The van der Waals surface area contributed by atoms with Gasteiger partial charge in [-0.3, -0.25) is 4.79 Å². The van der Waals surface area contributed by atoms with Gasteiger partial charge < -0.3 is 9.88 Å². The van der Waals surface area contributed by atoms with Crippen molar-refractivity contribution in [3.05, 3.63) is 47.3 Å². The van der Waals surface area contributed by atoms with E-state index in [9.17, 15) is 9.18 Å². The van der Waals surface area contributed by atoms with Gasteiger partial charge in [-0.2, -0.15) is 0 Å². The lowest BCUT2D eigenvalue weighted by atomic mass is 10.0. The second-order valence-electron chi connectivity index (χ2n) is 5.40. The molecule has 0 saturated heterocycles. The van der Waals surface area contributed by atoms with E-state index >= 15 is 0 Å². The van der Waals surface area contributed by atoms with Gasteiger partial charge in [-0.05, 0) is 50.8 Å². The number of imidazole rings is 1. The fraction of sp³-hybridized carbons (Fsp3) is 0.375. The van der Waals surface area contributed by atoms with E-state index in [1.807, 2.05) is 11.5 Å². The van der Waals surface area contributed by atoms with E-state index in [0.29, 0.717) is 5.69 Å². The molecule has 3 rings (SSSR count). The number of aryl methyl sites for hydroxylation is 2. The van der Waals surface area contributed by atoms with Crippen molar-refractivity contribution >= 4 is 11.6 Å². The molecular formula is C16H18FN3O. The van der Waals surface area contributed by atoms with E-state index in [1.165, 1.54) is 24.2 Å². The summed E-state index contributed by atoms with van der Waals surface area (Å²) in [6, 6.07) is 5.92. The molecule has 0 spiro atoms. The van der Waals surface area contributed by atoms with Crippen LogP contribution in [0.1, 0.15) is 30.1 Å². The number of hydrogen-bond donors (Lipinski definition) is 1. The molecule has 0 aliphatic heterocycles. The number of aromatic nitrogens is 2. The molecule has 1 amide bonds. The molecule has 1 aromatic heterocycles. The van der Waals surface area contributed by atoms with Crippen molar-refractivity contribution in [1.82, 2.24) is 9.55 Å². The normalized spacial score (nSPS) is 13.8. The van der Waals surface area contributed by atoms with Crippen LogP contribution in [0.5, 0.6) is 0 Å². The number of hydrogen-bond acceptors (Lipinski definition) is 2. The van der Waals surface area contributed by atoms with Crippen molar-refractivity contribution in [2.75, 3.05) is 5.32 Å². The second kappa shape index (κ2) is 5.68. The predicted octanol–water partition coefficient (Wildman–Crippen LogP) is 2.85. The van der Waals surface area contributed by atoms with Gasteiger partial charge in [-0.15, -0.1) is 0 Å². The lowest BCUT2D eigenvalue weighted by molar-refractivity contribution is -0.116. The van der Waals surface area contributed by atoms with Crippen LogP contribution < -0.4 is 5.32 Å². The van der Waals surface area contributed by atoms with Gasteiger partial charge in [0.25, 0.3) is 0 Å². The van der Waals surface area contributed by atoms with E-state index in [-0.39, 0.29) is 18.3 Å². The first-order chi connectivity index (χ1) is 10.1. The molecule has 4 nitrogen and oxygen atoms in total. The average molecular weight is 287 g/mol. The first-order valence-corrected chi connectivity index (χ1v) is 7.24. The van der Waals surface area contributed by atoms with Crippen LogP contribution >= 0.6 is 0 Å². The summed E-state index contributed by atoms with van der Waals surface area (Å²) in [5, 5.41) is 2.73. The van der Waals surface area contributed by atoms with E-state index in [0.717, 1.165) is 30.8 Å². The molecule has 0 saturated carbocycles. The summed E-state index contributed by atoms with van der Waals surface area (Å²) in [6.07, 6.45) is 4.28. The predicted molar refractivity (Wildman–Crippen MR) is 78.6 cm³/mol. The Labute approximate surface area is 123 Å². The molecule has 0 atom stereocenters. The molecule has 0 bridgehead atoms. The third kappa shape index (κ3) is 2.96. The molecular weight excluding hydrogens is 269 g/mol. The zero-order valence-electron chi connectivity index (χ0n) is 12.0. The maximum Gasteiger partial charge on any atom is 0.244 e. The number of fused-ring (bicyclic) bond motifs is 1. The van der Waals surface area contributed by atoms with E-state index in [1.54, 1.807) is 12.1 Å². The van der Waals surface area contributed by atoms with Crippen LogP contribution in [0.15, 0.2) is 24.3 Å². The summed E-state index contributed by atoms with van der Waals surface area (Å²) >= 11 is 0. The minimum atomic E-state index is -0.357. The van der Waals surface area contributed by atoms with Gasteiger partial charge >= 0.3 is 0 Å². The Morgan fingerprint density at radius 2 is 2.19 bits per heavy atom. The molecule has 2 aromatic rings. The average Bonchev–Trinajstić information content (AvgIpc) is 2.75. The Morgan fingerprint density at radius 3 is 3.00 bits per heavy atom. The molecule has 0 fully saturated rings. The van der Waals surface area contributed by atoms with Crippen molar-refractivity contribution < 1.29 is 9.18 Å². The minimum Gasteiger partial charge on any atom is -0.324 e. The van der Waals surface area contributed by atoms with Gasteiger partial charge in [-0.1, -0.05) is 6.07 Å². The molecule has 0 unspecified atom stereocenters. The number of carbonyl (C=O) groups excluding carboxylic acids is 1. The van der Waals surface area contributed by atoms with Gasteiger partial charge in [0, 0.05) is 11.4 Å². The molecule has 5 heteroatoms. The topological polar surface area (TPSA) is 46.9 Å². The number of rotatable bonds is 3. The number of benzene rings is 1. The zero-order chi connectivity index (χ0) is 14.8. The Bertz CT molecular complexity index is 678. The van der Waals surface area contributed by atoms with Crippen molar-refractivity contribution in [2.45, 2.75) is 39.2 Å². The number of nitrogens with zero attached hydrogens (tertiary/aromatic N) is 2. The molecule has 0 radical (unpaired) electrons. The standard InChI is InChI=1S/C16H18FN3O/c1-11-18-14-7-2-3-8-15(14)20(11)10-16(21)19-13-6-4-5-12(17)9-13/h4-6,9H,2-3,7-8,10H2,1H3,(H,19,21). The Hall–Kier alpha value is -2.17. The van der Waals surface area contributed by atoms with Crippen LogP contribution in [0.4, 0.5) is 10.1 Å². The third-order valence-corrected chi connectivity index (χ3v) is 3.83. The SMILES string of the molecule is Cc1nc2c(n1CC(=O)Nc1cccc(F)c1)CCCC2. The lowest BCUT2D eigenvalue weighted by Gasteiger charge is -2.14. The largest absolute Gasteiger partial charge is 0.324 e. The highest BCUT2D eigenvalue weighted by Gasteiger charge is 2.19. The molecule has 110 valence electrons. The molecule has 1 aliphatic carbocycles. The highest BCUT2D eigenvalue weighted by molar-refractivity contribution is 5.90. The summed E-state index contributed by atoms with van der Waals surface area (Å²) in [7, 11) is 0. The van der Waals surface area contributed by atoms with Gasteiger partial charge in [0.05, 0.1) is 5.69 Å². The lowest BCUT2D eigenvalue weighted by Crippen LogP contribution is -2.21. The first-order valence-electron chi connectivity index (χ1n) is 7.24. The molecule has 1 heterocycles. The van der Waals surface area contributed by atoms with E-state index < -0.39 is 0 Å². The van der Waals surface area contributed by atoms with Crippen molar-refractivity contribution in [3.8, 4) is 0 Å². The summed E-state index contributed by atoms with van der Waals surface area (Å²) in [4.78, 5) is 16.7. The van der Waals surface area contributed by atoms with Gasteiger partial charge in [0.1, 0.15) is 18.2 Å². The fourth-order valence-corrected chi connectivity index (χ4v) is 2.86. The monoisotopic (exact) mass is 287 g/mol. The number of carbonyl (C=O) groups is 1. The smallest absolute Gasteiger partial charge is 0.244 e. The quantitative estimate of drug-likeness (QED) is 0.943. The van der Waals surface area contributed by atoms with E-state index in [4.69, 9.17) is 0 Å². The van der Waals surface area contributed by atoms with E-state index in [2.05, 4.69) is 10.3 Å². The Morgan fingerprint density at radius 1 is 1.38 bits per heavy atom. The zero-order valence-corrected chi connectivity index (χ0v) is 12.0. The van der Waals surface area contributed by atoms with Crippen LogP contribution in [-0.4, -0.2) is 15.5 Å². The number of anilines is 1. The van der Waals surface area contributed by atoms with Crippen molar-refractivity contribution in [1.29, 1.82) is 0 Å². The van der Waals surface area contributed by atoms with Crippen LogP contribution in [0.2, 0.25) is 0 Å². The maximum absolute atomic E-state index is 13.1. The van der Waals surface area contributed by atoms with Crippen molar-refractivity contribution in [3.63, 3.8) is 0 Å². The number of nitrogens with one attached hydrogen (secondary N) is 1. The number of amides is 1. The highest BCUT2D eigenvalue weighted by atomic mass is 19.1. The first kappa shape index (κ1) is 13.8. The molecule has 1 aliphatic rings. The maximum atomic E-state index is 13.1. The minimum absolute atomic E-state index is 0.158. The van der Waals surface area contributed by atoms with Crippen LogP contribution in [-0.2, 0) is 24.2 Å². The van der Waals surface area contributed by atoms with Crippen LogP contribution in [0, 0.1) is 12.7 Å². The Balaban J connectivity index is 1.74. The summed E-state index contributed by atoms with van der Waals surface area (Å²) in [5.41, 5.74) is 2.78. The fourth-order valence-electron chi connectivity index (χ4n) is 2.86. The number of halogens is 1.